The molecule has 0 fully saturated rings. The van der Waals surface area contributed by atoms with E-state index in [1.54, 1.807) is 20.8 Å². The molecule has 0 heterocycles. The third-order valence-corrected chi connectivity index (χ3v) is 5.32. The minimum atomic E-state index is -1.20. The van der Waals surface area contributed by atoms with Crippen LogP contribution in [0.4, 0.5) is 4.79 Å². The second-order valence-corrected chi connectivity index (χ2v) is 9.48. The average Bonchev–Trinajstić information content (AvgIpc) is 2.82. The summed E-state index contributed by atoms with van der Waals surface area (Å²) in [6.07, 6.45) is -0.876. The Morgan fingerprint density at radius 1 is 0.857 bits per heavy atom. The summed E-state index contributed by atoms with van der Waals surface area (Å²) in [5, 5.41) is 5.18. The van der Waals surface area contributed by atoms with Crippen LogP contribution in [0, 0.1) is 0 Å². The summed E-state index contributed by atoms with van der Waals surface area (Å²) in [6, 6.07) is 16.0. The molecule has 2 atom stereocenters. The van der Waals surface area contributed by atoms with E-state index in [0.717, 1.165) is 11.1 Å². The molecule has 2 aromatic carbocycles. The van der Waals surface area contributed by atoms with Crippen LogP contribution in [0.25, 0.3) is 0 Å². The van der Waals surface area contributed by atoms with Crippen LogP contribution in [-0.4, -0.2) is 46.8 Å². The number of hydrogen-bond acceptors (Lipinski definition) is 6. The van der Waals surface area contributed by atoms with Gasteiger partial charge in [-0.1, -0.05) is 76.6 Å². The van der Waals surface area contributed by atoms with Crippen molar-refractivity contribution < 1.29 is 28.7 Å². The number of Topliss-reactive ketones (excluding diaryl/α,β-unsaturated/α-hetero) is 1. The largest absolute Gasteiger partial charge is 0.458 e. The first-order valence-electron chi connectivity index (χ1n) is 11.2. The Balaban J connectivity index is 2.15. The third kappa shape index (κ3) is 10.7. The van der Waals surface area contributed by atoms with Gasteiger partial charge in [-0.25, -0.2) is 9.59 Å². The molecule has 0 radical (unpaired) electrons. The lowest BCUT2D eigenvalue weighted by atomic mass is 10.0. The van der Waals surface area contributed by atoms with E-state index in [1.807, 2.05) is 60.7 Å². The van der Waals surface area contributed by atoms with Gasteiger partial charge in [-0.2, -0.15) is 0 Å². The molecular weight excluding hydrogens is 516 g/mol. The van der Waals surface area contributed by atoms with Crippen LogP contribution >= 0.6 is 15.9 Å². The summed E-state index contributed by atoms with van der Waals surface area (Å²) in [4.78, 5) is 50.4. The SMILES string of the molecule is CC(C)(C)OC(=O)C(CC(=O)CBr)NC(=O)C(Cc1ccccc1)NC(=O)OCc1ccccc1. The fourth-order valence-electron chi connectivity index (χ4n) is 3.09. The Hall–Kier alpha value is -3.20. The second-order valence-electron chi connectivity index (χ2n) is 8.92. The molecule has 0 aliphatic carbocycles. The third-order valence-electron chi connectivity index (χ3n) is 4.69. The zero-order chi connectivity index (χ0) is 25.8. The normalized spacial score (nSPS) is 12.7. The van der Waals surface area contributed by atoms with Gasteiger partial charge in [0.2, 0.25) is 5.91 Å². The van der Waals surface area contributed by atoms with Gasteiger partial charge in [-0.15, -0.1) is 0 Å². The van der Waals surface area contributed by atoms with E-state index in [2.05, 4.69) is 26.6 Å². The number of benzene rings is 2. The van der Waals surface area contributed by atoms with Crippen LogP contribution < -0.4 is 10.6 Å². The smallest absolute Gasteiger partial charge is 0.408 e. The fourth-order valence-corrected chi connectivity index (χ4v) is 3.32. The van der Waals surface area contributed by atoms with Gasteiger partial charge in [0.05, 0.1) is 5.33 Å². The molecular formula is C26H31BrN2O6. The Bertz CT molecular complexity index is 992. The van der Waals surface area contributed by atoms with E-state index in [0.29, 0.717) is 0 Å². The number of hydrogen-bond donors (Lipinski definition) is 2. The molecule has 2 rings (SSSR count). The molecule has 9 heteroatoms. The van der Waals surface area contributed by atoms with Crippen molar-refractivity contribution >= 4 is 39.7 Å². The van der Waals surface area contributed by atoms with Crippen molar-refractivity contribution in [3.63, 3.8) is 0 Å². The highest BCUT2D eigenvalue weighted by atomic mass is 79.9. The molecule has 0 aliphatic rings. The van der Waals surface area contributed by atoms with Crippen LogP contribution in [0.2, 0.25) is 0 Å². The minimum Gasteiger partial charge on any atom is -0.458 e. The zero-order valence-corrected chi connectivity index (χ0v) is 21.7. The number of rotatable bonds is 11. The summed E-state index contributed by atoms with van der Waals surface area (Å²) in [5.74, 6) is -1.65. The summed E-state index contributed by atoms with van der Waals surface area (Å²) in [5.41, 5.74) is 0.784. The number of carbonyl (C=O) groups is 4. The molecule has 2 amide bonds. The van der Waals surface area contributed by atoms with E-state index in [9.17, 15) is 19.2 Å². The molecule has 0 spiro atoms. The van der Waals surface area contributed by atoms with Crippen molar-refractivity contribution in [2.24, 2.45) is 0 Å². The minimum absolute atomic E-state index is 0.0275. The van der Waals surface area contributed by atoms with Crippen molar-refractivity contribution in [1.82, 2.24) is 10.6 Å². The van der Waals surface area contributed by atoms with Crippen molar-refractivity contribution in [3.8, 4) is 0 Å². The first kappa shape index (κ1) is 28.0. The van der Waals surface area contributed by atoms with Crippen molar-refractivity contribution in [3.05, 3.63) is 71.8 Å². The highest BCUT2D eigenvalue weighted by molar-refractivity contribution is 9.09. The highest BCUT2D eigenvalue weighted by Gasteiger charge is 2.31. The predicted molar refractivity (Wildman–Crippen MR) is 135 cm³/mol. The van der Waals surface area contributed by atoms with Crippen LogP contribution in [0.5, 0.6) is 0 Å². The maximum absolute atomic E-state index is 13.2. The number of amides is 2. The summed E-state index contributed by atoms with van der Waals surface area (Å²) >= 11 is 3.07. The number of esters is 1. The van der Waals surface area contributed by atoms with Gasteiger partial charge in [-0.3, -0.25) is 9.59 Å². The zero-order valence-electron chi connectivity index (χ0n) is 20.1. The van der Waals surface area contributed by atoms with E-state index in [-0.39, 0.29) is 30.6 Å². The van der Waals surface area contributed by atoms with Crippen molar-refractivity contribution in [1.29, 1.82) is 0 Å². The van der Waals surface area contributed by atoms with Gasteiger partial charge in [0.15, 0.2) is 0 Å². The lowest BCUT2D eigenvalue weighted by Gasteiger charge is -2.26. The first-order chi connectivity index (χ1) is 16.6. The van der Waals surface area contributed by atoms with Crippen LogP contribution in [0.1, 0.15) is 38.3 Å². The Morgan fingerprint density at radius 3 is 1.97 bits per heavy atom. The Labute approximate surface area is 213 Å². The number of carbonyl (C=O) groups excluding carboxylic acids is 4. The molecule has 2 N–H and O–H groups in total. The first-order valence-corrected chi connectivity index (χ1v) is 12.3. The van der Waals surface area contributed by atoms with Crippen LogP contribution in [0.3, 0.4) is 0 Å². The monoisotopic (exact) mass is 546 g/mol. The van der Waals surface area contributed by atoms with Gasteiger partial charge in [0.25, 0.3) is 0 Å². The van der Waals surface area contributed by atoms with Gasteiger partial charge < -0.3 is 20.1 Å². The van der Waals surface area contributed by atoms with Crippen molar-refractivity contribution in [2.75, 3.05) is 5.33 Å². The maximum atomic E-state index is 13.2. The Kier molecular flexibility index (Phi) is 10.9. The number of halogens is 1. The predicted octanol–water partition coefficient (Wildman–Crippen LogP) is 3.70. The van der Waals surface area contributed by atoms with Crippen LogP contribution in [0.15, 0.2) is 60.7 Å². The molecule has 8 nitrogen and oxygen atoms in total. The molecule has 0 saturated heterocycles. The molecule has 0 aliphatic heterocycles. The average molecular weight is 547 g/mol. The lowest BCUT2D eigenvalue weighted by molar-refractivity contribution is -0.159. The van der Waals surface area contributed by atoms with Crippen LogP contribution in [-0.2, 0) is 36.9 Å². The summed E-state index contributed by atoms with van der Waals surface area (Å²) in [7, 11) is 0. The standard InChI is InChI=1S/C26H31BrN2O6/c1-26(2,3)35-24(32)22(15-20(30)16-27)28-23(31)21(14-18-10-6-4-7-11-18)29-25(33)34-17-19-12-8-5-9-13-19/h4-13,21-22H,14-17H2,1-3H3,(H,28,31)(H,29,33). The molecule has 0 bridgehead atoms. The highest BCUT2D eigenvalue weighted by Crippen LogP contribution is 2.12. The van der Waals surface area contributed by atoms with E-state index in [1.165, 1.54) is 0 Å². The number of alkyl carbamates (subject to hydrolysis) is 1. The van der Waals surface area contributed by atoms with Gasteiger partial charge >= 0.3 is 12.1 Å². The van der Waals surface area contributed by atoms with Crippen molar-refractivity contribution in [2.45, 2.75) is 57.9 Å². The fraction of sp³-hybridized carbons (Fsp3) is 0.385. The molecule has 2 aromatic rings. The molecule has 35 heavy (non-hydrogen) atoms. The topological polar surface area (TPSA) is 111 Å². The van der Waals surface area contributed by atoms with E-state index < -0.39 is 35.7 Å². The van der Waals surface area contributed by atoms with E-state index in [4.69, 9.17) is 9.47 Å². The Morgan fingerprint density at radius 2 is 1.43 bits per heavy atom. The summed E-state index contributed by atoms with van der Waals surface area (Å²) in [6.45, 7) is 5.11. The molecule has 188 valence electrons. The lowest BCUT2D eigenvalue weighted by Crippen LogP contribution is -2.54. The summed E-state index contributed by atoms with van der Waals surface area (Å²) < 4.78 is 10.6. The van der Waals surface area contributed by atoms with Gasteiger partial charge in [-0.05, 0) is 31.9 Å². The number of ether oxygens (including phenoxy) is 2. The quantitative estimate of drug-likeness (QED) is 0.328. The molecule has 0 aromatic heterocycles. The number of ketones is 1. The van der Waals surface area contributed by atoms with Gasteiger partial charge in [0.1, 0.15) is 30.1 Å². The second kappa shape index (κ2) is 13.6. The molecule has 2 unspecified atom stereocenters. The number of nitrogens with one attached hydrogen (secondary N) is 2. The maximum Gasteiger partial charge on any atom is 0.408 e. The number of alkyl halides is 1. The van der Waals surface area contributed by atoms with Gasteiger partial charge in [0, 0.05) is 12.8 Å². The van der Waals surface area contributed by atoms with E-state index >= 15 is 0 Å². The molecule has 0 saturated carbocycles.